The Morgan fingerprint density at radius 1 is 0.716 bits per heavy atom. The molecule has 1 saturated heterocycles. The molecule has 8 bridgehead atoms. The molecule has 0 radical (unpaired) electrons. The number of methoxy groups -OCH3 is 1. The van der Waals surface area contributed by atoms with Gasteiger partial charge < -0.3 is 34.6 Å². The molecule has 13 heteroatoms. The van der Waals surface area contributed by atoms with E-state index in [1.54, 1.807) is 0 Å². The van der Waals surface area contributed by atoms with Crippen molar-refractivity contribution in [2.24, 2.45) is 26.8 Å². The molecule has 2 aromatic carbocycles. The number of H-pyrrole nitrogens is 2. The quantitative estimate of drug-likeness (QED) is 0.0754. The van der Waals surface area contributed by atoms with Crippen LogP contribution < -0.4 is 5.32 Å². The summed E-state index contributed by atoms with van der Waals surface area (Å²) in [6, 6.07) is 19.2. The van der Waals surface area contributed by atoms with Crippen LogP contribution >= 0.6 is 0 Å². The number of nitrogens with zero attached hydrogens (tertiary/aromatic N) is 3. The van der Waals surface area contributed by atoms with Crippen molar-refractivity contribution in [1.29, 1.82) is 0 Å². The van der Waals surface area contributed by atoms with Gasteiger partial charge in [-0.2, -0.15) is 0 Å². The lowest BCUT2D eigenvalue weighted by Gasteiger charge is -2.22. The second kappa shape index (κ2) is 19.8. The Bertz CT molecular complexity index is 3340. The highest BCUT2D eigenvalue weighted by Gasteiger charge is 2.43. The van der Waals surface area contributed by atoms with E-state index in [-0.39, 0.29) is 43.2 Å². The van der Waals surface area contributed by atoms with Gasteiger partial charge in [0, 0.05) is 58.6 Å². The Kier molecular flexibility index (Phi) is 13.2. The first-order valence-corrected chi connectivity index (χ1v) is 25.4. The van der Waals surface area contributed by atoms with Gasteiger partial charge in [-0.3, -0.25) is 4.79 Å². The maximum absolute atomic E-state index is 14.2. The predicted molar refractivity (Wildman–Crippen MR) is 287 cm³/mol. The van der Waals surface area contributed by atoms with Gasteiger partial charge in [0.05, 0.1) is 47.3 Å². The first-order valence-electron chi connectivity index (χ1n) is 25.4. The number of aliphatic imine (C=N–C) groups is 3. The van der Waals surface area contributed by atoms with Crippen molar-refractivity contribution in [3.05, 3.63) is 208 Å². The fourth-order valence-electron chi connectivity index (χ4n) is 11.3. The first kappa shape index (κ1) is 49.5. The third-order valence-electron chi connectivity index (χ3n) is 15.9. The van der Waals surface area contributed by atoms with Crippen molar-refractivity contribution >= 4 is 35.0 Å². The summed E-state index contributed by atoms with van der Waals surface area (Å²) in [4.78, 5) is 64.3. The minimum Gasteiger partial charge on any atom is -0.511 e. The van der Waals surface area contributed by atoms with E-state index >= 15 is 0 Å². The van der Waals surface area contributed by atoms with Crippen LogP contribution in [0.3, 0.4) is 0 Å². The van der Waals surface area contributed by atoms with Crippen LogP contribution in [0, 0.1) is 39.5 Å². The van der Waals surface area contributed by atoms with Crippen LogP contribution in [0.5, 0.6) is 0 Å². The average Bonchev–Trinajstić information content (AvgIpc) is 4.26. The van der Waals surface area contributed by atoms with E-state index in [1.165, 1.54) is 7.11 Å². The summed E-state index contributed by atoms with van der Waals surface area (Å²) < 4.78 is 17.0. The zero-order valence-corrected chi connectivity index (χ0v) is 43.7. The molecule has 10 rings (SSSR count). The molecular formula is C61H62N6O7. The van der Waals surface area contributed by atoms with Crippen molar-refractivity contribution in [3.8, 4) is 0 Å². The topological polar surface area (TPSA) is 180 Å². The molecule has 1 fully saturated rings. The molecule has 7 heterocycles. The molecule has 2 atom stereocenters. The van der Waals surface area contributed by atoms with Gasteiger partial charge in [-0.25, -0.2) is 24.6 Å². The van der Waals surface area contributed by atoms with Crippen molar-refractivity contribution in [2.45, 2.75) is 107 Å². The summed E-state index contributed by atoms with van der Waals surface area (Å²) in [6.45, 7) is 18.5. The van der Waals surface area contributed by atoms with E-state index in [9.17, 15) is 19.5 Å². The number of ether oxygens (including phenoxy) is 3. The Labute approximate surface area is 431 Å². The highest BCUT2D eigenvalue weighted by atomic mass is 16.5. The molecule has 5 aliphatic heterocycles. The van der Waals surface area contributed by atoms with Crippen LogP contribution in [0.1, 0.15) is 132 Å². The van der Waals surface area contributed by atoms with E-state index in [1.807, 2.05) is 107 Å². The lowest BCUT2D eigenvalue weighted by atomic mass is 9.83. The lowest BCUT2D eigenvalue weighted by molar-refractivity contribution is -0.140. The largest absolute Gasteiger partial charge is 0.511 e. The average molecular weight is 991 g/mol. The van der Waals surface area contributed by atoms with Gasteiger partial charge in [0.15, 0.2) is 0 Å². The zero-order valence-electron chi connectivity index (χ0n) is 43.7. The second-order valence-corrected chi connectivity index (χ2v) is 20.0. The normalized spacial score (nSPS) is 19.0. The number of carbonyl (C=O) groups excluding carboxylic acids is 3. The highest BCUT2D eigenvalue weighted by molar-refractivity contribution is 6.21. The van der Waals surface area contributed by atoms with Crippen molar-refractivity contribution in [1.82, 2.24) is 15.3 Å². The Balaban J connectivity index is 1.18. The number of esters is 3. The predicted octanol–water partition coefficient (Wildman–Crippen LogP) is 12.0. The number of allylic oxidation sites excluding steroid dienone is 12. The second-order valence-electron chi connectivity index (χ2n) is 20.0. The van der Waals surface area contributed by atoms with Crippen LogP contribution in [-0.2, 0) is 32.2 Å². The number of carbonyl (C=O) groups is 3. The molecule has 0 unspecified atom stereocenters. The summed E-state index contributed by atoms with van der Waals surface area (Å²) in [5.41, 5.74) is 19.5. The molecule has 0 amide bonds. The van der Waals surface area contributed by atoms with Crippen LogP contribution in [0.2, 0.25) is 0 Å². The SMILES string of the molecule is CCC1=C(C)C2=NC1=CC1=C(C)C3=C(O)CC(=C4NC(=CC5=NC(=C2)C(C(c2[nH]c(C(=O)OCc6ccccc6)c(C)c2C)c2[nH]c(C(=O)OCc6ccccc6)c(C)c2C)=C5C)[C@@H](C)[C@@H]4CCC(=O)OC)C3=N1. The number of rotatable bonds is 13. The Morgan fingerprint density at radius 3 is 1.85 bits per heavy atom. The molecule has 6 aliphatic rings. The van der Waals surface area contributed by atoms with Gasteiger partial charge in [-0.15, -0.1) is 0 Å². The van der Waals surface area contributed by atoms with E-state index in [4.69, 9.17) is 29.2 Å². The summed E-state index contributed by atoms with van der Waals surface area (Å²) >= 11 is 0. The van der Waals surface area contributed by atoms with Gasteiger partial charge in [0.25, 0.3) is 0 Å². The molecule has 2 aromatic heterocycles. The van der Waals surface area contributed by atoms with Crippen molar-refractivity contribution < 1.29 is 33.7 Å². The smallest absolute Gasteiger partial charge is 0.355 e. The fraction of sp³-hybridized carbons (Fsp3) is 0.311. The number of hydrogen-bond donors (Lipinski definition) is 4. The van der Waals surface area contributed by atoms with Gasteiger partial charge in [-0.1, -0.05) is 74.5 Å². The molecule has 74 heavy (non-hydrogen) atoms. The van der Waals surface area contributed by atoms with Crippen molar-refractivity contribution in [2.75, 3.05) is 7.11 Å². The number of aromatic nitrogens is 2. The number of hydrogen-bond acceptors (Lipinski definition) is 11. The number of aliphatic hydroxyl groups is 1. The molecule has 1 aliphatic carbocycles. The van der Waals surface area contributed by atoms with E-state index < -0.39 is 17.9 Å². The molecule has 4 N–H and O–H groups in total. The Hall–Kier alpha value is -8.06. The molecular weight excluding hydrogens is 929 g/mol. The van der Waals surface area contributed by atoms with Crippen LogP contribution in [0.15, 0.2) is 167 Å². The number of aliphatic hydroxyl groups excluding tert-OH is 1. The summed E-state index contributed by atoms with van der Waals surface area (Å²) in [5.74, 6) is -1.88. The number of aromatic amines is 2. The highest BCUT2D eigenvalue weighted by Crippen LogP contribution is 2.49. The standard InChI is InChI=1S/C61H62N6O7/c1-11-40-34(6)43-27-48-51(36(8)45(63-48)25-44-35(7)41(22-23-50(69)72-10)58(64-44)42-24-49(68)52-37(9)46(65-59(42)52)26-47(40)62-43)53(54-30(2)32(4)56(66-54)60(70)73-28-38-18-14-12-15-19-38)55-31(3)33(5)57(67-55)61(71)74-29-39-20-16-13-17-21-39/h12-21,25-27,35,41,53,64,66-68H,11,22-24,28-29H2,1-10H3/t35-,41-/m0/s1. The van der Waals surface area contributed by atoms with E-state index in [0.29, 0.717) is 42.1 Å². The molecule has 13 nitrogen and oxygen atoms in total. The fourth-order valence-corrected chi connectivity index (χ4v) is 11.3. The van der Waals surface area contributed by atoms with Gasteiger partial charge in [0.1, 0.15) is 30.4 Å². The first-order chi connectivity index (χ1) is 35.6. The van der Waals surface area contributed by atoms with E-state index in [0.717, 1.165) is 118 Å². The molecule has 378 valence electrons. The maximum atomic E-state index is 14.2. The van der Waals surface area contributed by atoms with Gasteiger partial charge >= 0.3 is 17.9 Å². The summed E-state index contributed by atoms with van der Waals surface area (Å²) in [5, 5.41) is 15.4. The maximum Gasteiger partial charge on any atom is 0.355 e. The number of nitrogens with one attached hydrogen (secondary N) is 3. The molecule has 0 saturated carbocycles. The Morgan fingerprint density at radius 2 is 1.28 bits per heavy atom. The molecule has 4 aromatic rings. The lowest BCUT2D eigenvalue weighted by Crippen LogP contribution is -2.16. The monoisotopic (exact) mass is 990 g/mol. The number of benzene rings is 2. The minimum absolute atomic E-state index is 0.0994. The molecule has 0 spiro atoms. The van der Waals surface area contributed by atoms with E-state index in [2.05, 4.69) is 49.1 Å². The third kappa shape index (κ3) is 8.67. The zero-order chi connectivity index (χ0) is 52.3. The minimum atomic E-state index is -0.636. The van der Waals surface area contributed by atoms with Crippen LogP contribution in [0.4, 0.5) is 0 Å². The van der Waals surface area contributed by atoms with Gasteiger partial charge in [0.2, 0.25) is 0 Å². The summed E-state index contributed by atoms with van der Waals surface area (Å²) in [7, 11) is 1.41. The number of fused-ring (bicyclic) bond motifs is 5. The van der Waals surface area contributed by atoms with Gasteiger partial charge in [-0.05, 0) is 141 Å². The summed E-state index contributed by atoms with van der Waals surface area (Å²) in [6.07, 6.45) is 7.90. The van der Waals surface area contributed by atoms with Crippen molar-refractivity contribution in [3.63, 3.8) is 0 Å². The third-order valence-corrected chi connectivity index (χ3v) is 15.9. The van der Waals surface area contributed by atoms with Crippen LogP contribution in [0.25, 0.3) is 0 Å². The van der Waals surface area contributed by atoms with Crippen LogP contribution in [-0.4, -0.2) is 57.2 Å².